The highest BCUT2D eigenvalue weighted by molar-refractivity contribution is 7.17. The molecule has 2 aromatic rings. The average molecular weight is 376 g/mol. The lowest BCUT2D eigenvalue weighted by molar-refractivity contribution is -0.112. The Morgan fingerprint density at radius 1 is 1.40 bits per heavy atom. The van der Waals surface area contributed by atoms with Crippen LogP contribution in [-0.4, -0.2) is 23.5 Å². The van der Waals surface area contributed by atoms with Gasteiger partial charge < -0.3 is 4.74 Å². The number of anilines is 1. The highest BCUT2D eigenvalue weighted by atomic mass is 35.5. The number of benzene rings is 1. The van der Waals surface area contributed by atoms with Crippen LogP contribution in [0.5, 0.6) is 0 Å². The quantitative estimate of drug-likeness (QED) is 0.487. The predicted molar refractivity (Wildman–Crippen MR) is 96.5 cm³/mol. The maximum atomic E-state index is 12.3. The Hall–Kier alpha value is -2.69. The Morgan fingerprint density at radius 2 is 2.08 bits per heavy atom. The molecule has 0 unspecified atom stereocenters. The molecule has 0 saturated heterocycles. The van der Waals surface area contributed by atoms with Crippen molar-refractivity contribution in [2.24, 2.45) is 0 Å². The number of halogens is 1. The fourth-order valence-corrected chi connectivity index (χ4v) is 2.86. The van der Waals surface area contributed by atoms with Gasteiger partial charge >= 0.3 is 5.97 Å². The number of nitriles is 1. The number of carbonyl (C=O) groups excluding carboxylic acids is 2. The van der Waals surface area contributed by atoms with E-state index in [1.54, 1.807) is 38.1 Å². The third kappa shape index (κ3) is 4.89. The van der Waals surface area contributed by atoms with Crippen LogP contribution in [0.4, 0.5) is 5.13 Å². The molecular formula is C17H14ClN3O3S. The van der Waals surface area contributed by atoms with Crippen molar-refractivity contribution in [2.75, 3.05) is 11.9 Å². The standard InChI is InChI=1S/C17H14ClN3O3S/c1-3-24-16(23)14-10(2)20-17(25-14)21-15(22)12(9-19)8-11-4-6-13(18)7-5-11/h4-8H,3H2,1-2H3,(H,20,21,22)/b12-8-. The van der Waals surface area contributed by atoms with Gasteiger partial charge in [0.2, 0.25) is 0 Å². The summed E-state index contributed by atoms with van der Waals surface area (Å²) in [6.07, 6.45) is 1.44. The second-order valence-corrected chi connectivity index (χ2v) is 6.27. The number of hydrogen-bond acceptors (Lipinski definition) is 6. The number of aromatic nitrogens is 1. The van der Waals surface area contributed by atoms with Gasteiger partial charge in [0, 0.05) is 5.02 Å². The van der Waals surface area contributed by atoms with Gasteiger partial charge in [0.1, 0.15) is 16.5 Å². The minimum Gasteiger partial charge on any atom is -0.462 e. The summed E-state index contributed by atoms with van der Waals surface area (Å²) in [7, 11) is 0. The molecule has 25 heavy (non-hydrogen) atoms. The summed E-state index contributed by atoms with van der Waals surface area (Å²) < 4.78 is 4.93. The number of thiazole rings is 1. The first kappa shape index (κ1) is 18.6. The molecule has 0 aliphatic rings. The Bertz CT molecular complexity index is 866. The van der Waals surface area contributed by atoms with Gasteiger partial charge in [-0.25, -0.2) is 9.78 Å². The highest BCUT2D eigenvalue weighted by Gasteiger charge is 2.18. The van der Waals surface area contributed by atoms with Crippen molar-refractivity contribution in [2.45, 2.75) is 13.8 Å². The van der Waals surface area contributed by atoms with Gasteiger partial charge in [-0.15, -0.1) is 0 Å². The van der Waals surface area contributed by atoms with Crippen LogP contribution in [0.1, 0.15) is 27.9 Å². The maximum absolute atomic E-state index is 12.3. The summed E-state index contributed by atoms with van der Waals surface area (Å²) >= 11 is 6.81. The summed E-state index contributed by atoms with van der Waals surface area (Å²) in [5.74, 6) is -1.10. The zero-order chi connectivity index (χ0) is 18.4. The van der Waals surface area contributed by atoms with Crippen molar-refractivity contribution in [3.05, 3.63) is 51.0 Å². The van der Waals surface area contributed by atoms with E-state index in [1.807, 2.05) is 6.07 Å². The molecule has 0 saturated carbocycles. The number of aryl methyl sites for hydroxylation is 1. The monoisotopic (exact) mass is 375 g/mol. The van der Waals surface area contributed by atoms with Crippen LogP contribution >= 0.6 is 22.9 Å². The molecule has 0 aliphatic carbocycles. The van der Waals surface area contributed by atoms with Gasteiger partial charge in [-0.1, -0.05) is 35.1 Å². The molecule has 8 heteroatoms. The molecule has 1 N–H and O–H groups in total. The molecular weight excluding hydrogens is 362 g/mol. The maximum Gasteiger partial charge on any atom is 0.350 e. The van der Waals surface area contributed by atoms with E-state index in [-0.39, 0.29) is 17.3 Å². The summed E-state index contributed by atoms with van der Waals surface area (Å²) in [5, 5.41) is 12.5. The Kier molecular flexibility index (Phi) is 6.28. The van der Waals surface area contributed by atoms with Crippen LogP contribution < -0.4 is 5.32 Å². The Morgan fingerprint density at radius 3 is 2.68 bits per heavy atom. The minimum atomic E-state index is -0.610. The summed E-state index contributed by atoms with van der Waals surface area (Å²) in [5.41, 5.74) is 1.03. The fourth-order valence-electron chi connectivity index (χ4n) is 1.87. The van der Waals surface area contributed by atoms with Crippen LogP contribution in [0, 0.1) is 18.3 Å². The Balaban J connectivity index is 2.17. The molecule has 0 aliphatic heterocycles. The zero-order valence-electron chi connectivity index (χ0n) is 13.5. The van der Waals surface area contributed by atoms with Crippen molar-refractivity contribution in [3.8, 4) is 6.07 Å². The third-order valence-corrected chi connectivity index (χ3v) is 4.33. The number of ether oxygens (including phenoxy) is 1. The molecule has 0 atom stereocenters. The lowest BCUT2D eigenvalue weighted by Gasteiger charge is -2.00. The van der Waals surface area contributed by atoms with E-state index in [9.17, 15) is 14.9 Å². The number of nitrogens with one attached hydrogen (secondary N) is 1. The molecule has 128 valence electrons. The third-order valence-electron chi connectivity index (χ3n) is 3.02. The average Bonchev–Trinajstić information content (AvgIpc) is 2.94. The van der Waals surface area contributed by atoms with Crippen molar-refractivity contribution in [1.29, 1.82) is 5.26 Å². The van der Waals surface area contributed by atoms with E-state index < -0.39 is 11.9 Å². The normalized spacial score (nSPS) is 10.9. The van der Waals surface area contributed by atoms with E-state index in [2.05, 4.69) is 10.3 Å². The van der Waals surface area contributed by atoms with E-state index in [1.165, 1.54) is 6.08 Å². The first-order chi connectivity index (χ1) is 11.9. The van der Waals surface area contributed by atoms with E-state index in [0.717, 1.165) is 11.3 Å². The van der Waals surface area contributed by atoms with Crippen molar-refractivity contribution in [3.63, 3.8) is 0 Å². The topological polar surface area (TPSA) is 92.1 Å². The number of nitrogens with zero attached hydrogens (tertiary/aromatic N) is 2. The van der Waals surface area contributed by atoms with Crippen LogP contribution in [-0.2, 0) is 9.53 Å². The zero-order valence-corrected chi connectivity index (χ0v) is 15.1. The van der Waals surface area contributed by atoms with Crippen molar-refractivity contribution in [1.82, 2.24) is 4.98 Å². The number of hydrogen-bond donors (Lipinski definition) is 1. The molecule has 1 amide bonds. The molecule has 0 fully saturated rings. The number of carbonyl (C=O) groups is 2. The summed E-state index contributed by atoms with van der Waals surface area (Å²) in [6.45, 7) is 3.60. The molecule has 0 bridgehead atoms. The molecule has 0 spiro atoms. The first-order valence-electron chi connectivity index (χ1n) is 7.27. The number of esters is 1. The van der Waals surface area contributed by atoms with Gasteiger partial charge in [-0.3, -0.25) is 10.1 Å². The van der Waals surface area contributed by atoms with Gasteiger partial charge in [0.25, 0.3) is 5.91 Å². The van der Waals surface area contributed by atoms with E-state index >= 15 is 0 Å². The van der Waals surface area contributed by atoms with Gasteiger partial charge in [-0.05, 0) is 37.6 Å². The number of amides is 1. The fraction of sp³-hybridized carbons (Fsp3) is 0.176. The number of rotatable bonds is 5. The Labute approximate surface area is 153 Å². The van der Waals surface area contributed by atoms with Crippen LogP contribution in [0.2, 0.25) is 5.02 Å². The van der Waals surface area contributed by atoms with Gasteiger partial charge in [0.15, 0.2) is 5.13 Å². The SMILES string of the molecule is CCOC(=O)c1sc(NC(=O)/C(C#N)=C\c2ccc(Cl)cc2)nc1C. The lowest BCUT2D eigenvalue weighted by Crippen LogP contribution is -2.13. The lowest BCUT2D eigenvalue weighted by atomic mass is 10.1. The van der Waals surface area contributed by atoms with Crippen molar-refractivity contribution >= 4 is 46.0 Å². The highest BCUT2D eigenvalue weighted by Crippen LogP contribution is 2.24. The van der Waals surface area contributed by atoms with Gasteiger partial charge in [-0.2, -0.15) is 5.26 Å². The second kappa shape index (κ2) is 8.42. The largest absolute Gasteiger partial charge is 0.462 e. The molecule has 2 rings (SSSR count). The smallest absolute Gasteiger partial charge is 0.350 e. The molecule has 6 nitrogen and oxygen atoms in total. The first-order valence-corrected chi connectivity index (χ1v) is 8.47. The molecule has 0 radical (unpaired) electrons. The molecule has 1 aromatic carbocycles. The summed E-state index contributed by atoms with van der Waals surface area (Å²) in [6, 6.07) is 8.56. The van der Waals surface area contributed by atoms with E-state index in [0.29, 0.717) is 21.2 Å². The van der Waals surface area contributed by atoms with Crippen LogP contribution in [0.15, 0.2) is 29.8 Å². The second-order valence-electron chi connectivity index (χ2n) is 4.83. The predicted octanol–water partition coefficient (Wildman–Crippen LogP) is 3.83. The molecule has 1 aromatic heterocycles. The van der Waals surface area contributed by atoms with Crippen LogP contribution in [0.3, 0.4) is 0 Å². The van der Waals surface area contributed by atoms with Crippen LogP contribution in [0.25, 0.3) is 6.08 Å². The minimum absolute atomic E-state index is 0.0899. The van der Waals surface area contributed by atoms with Gasteiger partial charge in [0.05, 0.1) is 12.3 Å². The van der Waals surface area contributed by atoms with Crippen molar-refractivity contribution < 1.29 is 14.3 Å². The summed E-state index contributed by atoms with van der Waals surface area (Å²) in [4.78, 5) is 28.5. The molecule has 1 heterocycles. The van der Waals surface area contributed by atoms with E-state index in [4.69, 9.17) is 16.3 Å².